The first-order valence-corrected chi connectivity index (χ1v) is 19.4. The van der Waals surface area contributed by atoms with Crippen LogP contribution in [0.4, 0.5) is 0 Å². The van der Waals surface area contributed by atoms with Gasteiger partial charge in [0.1, 0.15) is 5.76 Å². The zero-order valence-corrected chi connectivity index (χ0v) is 31.1. The van der Waals surface area contributed by atoms with Crippen LogP contribution in [0.15, 0.2) is 36.1 Å². The number of hydrogen-bond acceptors (Lipinski definition) is 10. The number of piperidine rings is 1. The van der Waals surface area contributed by atoms with Crippen molar-refractivity contribution in [2.24, 2.45) is 0 Å². The molecule has 1 aromatic carbocycles. The highest BCUT2D eigenvalue weighted by Gasteiger charge is 2.72. The van der Waals surface area contributed by atoms with Crippen LogP contribution >= 0.6 is 0 Å². The van der Waals surface area contributed by atoms with Crippen LogP contribution in [0.5, 0.6) is 11.5 Å². The highest BCUT2D eigenvalue weighted by molar-refractivity contribution is 5.83. The van der Waals surface area contributed by atoms with Gasteiger partial charge in [0.25, 0.3) is 0 Å². The smallest absolute Gasteiger partial charge is 0.352 e. The average Bonchev–Trinajstić information content (AvgIpc) is 3.46. The minimum absolute atomic E-state index is 0.0222. The number of phenolic OH excluding ortho intramolecular Hbond substituents is 1. The summed E-state index contributed by atoms with van der Waals surface area (Å²) < 4.78 is 22.8. The molecule has 2 bridgehead atoms. The van der Waals surface area contributed by atoms with Gasteiger partial charge in [-0.15, -0.1) is 0 Å². The van der Waals surface area contributed by atoms with E-state index in [-0.39, 0.29) is 30.4 Å². The Kier molecular flexibility index (Phi) is 13.3. The Labute approximate surface area is 303 Å². The Hall–Kier alpha value is -3.37. The molecule has 0 radical (unpaired) electrons. The van der Waals surface area contributed by atoms with Gasteiger partial charge in [0.2, 0.25) is 0 Å². The molecule has 10 heteroatoms. The number of ether oxygens (including phenoxy) is 4. The van der Waals surface area contributed by atoms with Crippen molar-refractivity contribution in [1.82, 2.24) is 4.90 Å². The van der Waals surface area contributed by atoms with Gasteiger partial charge >= 0.3 is 17.9 Å². The van der Waals surface area contributed by atoms with Gasteiger partial charge in [-0.25, -0.2) is 9.59 Å². The number of carbonyl (C=O) groups excluding carboxylic acids is 3. The highest BCUT2D eigenvalue weighted by atomic mass is 16.6. The predicted molar refractivity (Wildman–Crippen MR) is 193 cm³/mol. The van der Waals surface area contributed by atoms with E-state index in [0.717, 1.165) is 43.2 Å². The topological polar surface area (TPSA) is 132 Å². The second kappa shape index (κ2) is 17.4. The molecule has 4 aliphatic rings. The van der Waals surface area contributed by atoms with Crippen LogP contribution in [0.25, 0.3) is 0 Å². The molecule has 5 rings (SSSR count). The third kappa shape index (κ3) is 8.32. The molecule has 1 spiro atoms. The summed E-state index contributed by atoms with van der Waals surface area (Å²) in [5.41, 5.74) is -0.295. The third-order valence-electron chi connectivity index (χ3n) is 11.5. The fraction of sp³-hybridized carbons (Fsp3) is 0.683. The summed E-state index contributed by atoms with van der Waals surface area (Å²) in [4.78, 5) is 40.5. The molecule has 0 amide bonds. The van der Waals surface area contributed by atoms with Gasteiger partial charge in [-0.1, -0.05) is 76.5 Å². The molecule has 1 unspecified atom stereocenters. The number of likely N-dealkylation sites (tertiary alicyclic amines) is 1. The number of likely N-dealkylation sites (N-methyl/N-ethyl adjacent to an activating group) is 1. The third-order valence-corrected chi connectivity index (χ3v) is 11.5. The quantitative estimate of drug-likeness (QED) is 0.0625. The molecule has 6 atom stereocenters. The van der Waals surface area contributed by atoms with Crippen LogP contribution in [0.1, 0.15) is 135 Å². The predicted octanol–water partition coefficient (Wildman–Crippen LogP) is 7.11. The van der Waals surface area contributed by atoms with Crippen LogP contribution in [-0.4, -0.2) is 76.6 Å². The summed E-state index contributed by atoms with van der Waals surface area (Å²) in [5, 5.41) is 23.0. The van der Waals surface area contributed by atoms with E-state index >= 15 is 0 Å². The Morgan fingerprint density at radius 1 is 0.941 bits per heavy atom. The van der Waals surface area contributed by atoms with E-state index in [9.17, 15) is 24.6 Å². The van der Waals surface area contributed by atoms with Gasteiger partial charge < -0.3 is 34.1 Å². The second-order valence-electron chi connectivity index (χ2n) is 15.1. The molecule has 2 heterocycles. The molecule has 2 aliphatic carbocycles. The summed E-state index contributed by atoms with van der Waals surface area (Å²) >= 11 is 0. The summed E-state index contributed by atoms with van der Waals surface area (Å²) in [7, 11) is 2.00. The first-order valence-electron chi connectivity index (χ1n) is 19.4. The SMILES string of the molecule is CCCCCCCCC=CCCCCCCCC(=O)O[C@@H](C)C(=O)O[C@@H](C)C(=O)OC1=CC[C@]2(O)C3Cc4ccc(O)c5c4[C@@]2(CCN3C)[C@H]1O5. The number of carbonyl (C=O) groups is 3. The van der Waals surface area contributed by atoms with Crippen molar-refractivity contribution >= 4 is 17.9 Å². The molecule has 282 valence electrons. The van der Waals surface area contributed by atoms with E-state index in [4.69, 9.17) is 18.9 Å². The van der Waals surface area contributed by atoms with Gasteiger partial charge in [-0.2, -0.15) is 0 Å². The van der Waals surface area contributed by atoms with E-state index in [1.54, 1.807) is 12.1 Å². The molecular formula is C41H59NO9. The van der Waals surface area contributed by atoms with Gasteiger partial charge in [0.15, 0.2) is 29.8 Å². The number of hydrogen-bond donors (Lipinski definition) is 2. The lowest BCUT2D eigenvalue weighted by atomic mass is 9.50. The van der Waals surface area contributed by atoms with Crippen LogP contribution in [0.3, 0.4) is 0 Å². The van der Waals surface area contributed by atoms with Crippen molar-refractivity contribution in [1.29, 1.82) is 0 Å². The van der Waals surface area contributed by atoms with Crippen molar-refractivity contribution in [3.05, 3.63) is 47.2 Å². The van der Waals surface area contributed by atoms with Gasteiger partial charge in [-0.3, -0.25) is 4.79 Å². The molecule has 1 aromatic rings. The lowest BCUT2D eigenvalue weighted by Gasteiger charge is -2.61. The fourth-order valence-electron chi connectivity index (χ4n) is 8.60. The van der Waals surface area contributed by atoms with E-state index < -0.39 is 47.2 Å². The van der Waals surface area contributed by atoms with Crippen LogP contribution in [-0.2, 0) is 40.4 Å². The normalized spacial score (nSPS) is 25.8. The molecule has 1 fully saturated rings. The minimum atomic E-state index is -1.28. The molecule has 2 N–H and O–H groups in total. The van der Waals surface area contributed by atoms with Gasteiger partial charge in [0, 0.05) is 24.4 Å². The van der Waals surface area contributed by atoms with Gasteiger partial charge in [0.05, 0.1) is 11.0 Å². The molecule has 0 saturated carbocycles. The average molecular weight is 710 g/mol. The molecule has 10 nitrogen and oxygen atoms in total. The first kappa shape index (κ1) is 38.9. The lowest BCUT2D eigenvalue weighted by molar-refractivity contribution is -0.180. The summed E-state index contributed by atoms with van der Waals surface area (Å²) in [6.07, 6.45) is 19.7. The van der Waals surface area contributed by atoms with Crippen molar-refractivity contribution in [3.8, 4) is 11.5 Å². The molecule has 2 aliphatic heterocycles. The van der Waals surface area contributed by atoms with Gasteiger partial charge in [-0.05, 0) is 90.1 Å². The number of allylic oxidation sites excluding steroid dienone is 2. The largest absolute Gasteiger partial charge is 0.504 e. The zero-order valence-electron chi connectivity index (χ0n) is 31.1. The number of nitrogens with zero attached hydrogens (tertiary/aromatic N) is 1. The summed E-state index contributed by atoms with van der Waals surface area (Å²) in [6, 6.07) is 3.31. The van der Waals surface area contributed by atoms with Crippen LogP contribution < -0.4 is 4.74 Å². The van der Waals surface area contributed by atoms with Crippen LogP contribution in [0.2, 0.25) is 0 Å². The zero-order chi connectivity index (χ0) is 36.6. The number of rotatable bonds is 20. The molecule has 51 heavy (non-hydrogen) atoms. The Bertz CT molecular complexity index is 1450. The second-order valence-corrected chi connectivity index (χ2v) is 15.1. The maximum atomic E-state index is 13.2. The number of aliphatic hydroxyl groups is 1. The Morgan fingerprint density at radius 2 is 1.59 bits per heavy atom. The monoisotopic (exact) mass is 709 g/mol. The Balaban J connectivity index is 1.01. The maximum Gasteiger partial charge on any atom is 0.352 e. The number of benzene rings is 1. The first-order chi connectivity index (χ1) is 24.5. The molecular weight excluding hydrogens is 650 g/mol. The van der Waals surface area contributed by atoms with Crippen molar-refractivity contribution in [3.63, 3.8) is 0 Å². The molecule has 1 saturated heterocycles. The Morgan fingerprint density at radius 3 is 2.29 bits per heavy atom. The van der Waals surface area contributed by atoms with E-state index in [1.807, 2.05) is 13.1 Å². The number of phenols is 1. The van der Waals surface area contributed by atoms with E-state index in [1.165, 1.54) is 58.8 Å². The minimum Gasteiger partial charge on any atom is -0.504 e. The van der Waals surface area contributed by atoms with E-state index in [0.29, 0.717) is 31.6 Å². The highest BCUT2D eigenvalue weighted by Crippen LogP contribution is 2.65. The summed E-state index contributed by atoms with van der Waals surface area (Å²) in [6.45, 7) is 5.77. The summed E-state index contributed by atoms with van der Waals surface area (Å²) in [5.74, 6) is -1.61. The number of esters is 3. The standard InChI is InChI=1S/C41H59NO9/c1-5-6-7-8-9-10-11-12-13-14-15-16-17-18-19-20-34(44)48-28(2)38(45)49-29(3)39(46)50-32-23-24-41(47)33-27-30-21-22-31(43)36-35(30)40(41,37(32)51-36)25-26-42(33)4/h12-13,21-23,28-29,33,37,43,47H,5-11,14-20,24-27H2,1-4H3/t28-,29-,33?,37-,40-,41-/m0/s1. The van der Waals surface area contributed by atoms with Crippen LogP contribution in [0, 0.1) is 0 Å². The van der Waals surface area contributed by atoms with E-state index in [2.05, 4.69) is 24.0 Å². The van der Waals surface area contributed by atoms with Crippen molar-refractivity contribution in [2.45, 2.75) is 165 Å². The maximum absolute atomic E-state index is 13.2. The van der Waals surface area contributed by atoms with Crippen molar-refractivity contribution in [2.75, 3.05) is 13.6 Å². The fourth-order valence-corrected chi connectivity index (χ4v) is 8.60. The molecule has 0 aromatic heterocycles. The number of unbranched alkanes of at least 4 members (excludes halogenated alkanes) is 11. The lowest BCUT2D eigenvalue weighted by Crippen LogP contribution is -2.74. The number of aromatic hydroxyl groups is 1. The van der Waals surface area contributed by atoms with Crippen molar-refractivity contribution < 1.29 is 43.5 Å².